The summed E-state index contributed by atoms with van der Waals surface area (Å²) in [6.45, 7) is 4.96. The molecule has 0 aliphatic heterocycles. The molecule has 0 aromatic carbocycles. The lowest BCUT2D eigenvalue weighted by molar-refractivity contribution is -0.143. The molecule has 2 atom stereocenters. The minimum Gasteiger partial charge on any atom is -0.466 e. The Labute approximate surface area is 526 Å². The van der Waals surface area contributed by atoms with Crippen molar-refractivity contribution >= 4 is 11.9 Å². The van der Waals surface area contributed by atoms with Crippen molar-refractivity contribution in [1.82, 2.24) is 5.32 Å². The molecule has 0 heterocycles. The van der Waals surface area contributed by atoms with Crippen molar-refractivity contribution in [2.45, 2.75) is 450 Å². The molecule has 0 aliphatic rings. The number of unbranched alkanes of at least 4 members (excludes halogenated alkanes) is 60. The molecule has 2 unspecified atom stereocenters. The summed E-state index contributed by atoms with van der Waals surface area (Å²) in [6.07, 6.45) is 94.3. The zero-order valence-electron chi connectivity index (χ0n) is 57.2. The number of ether oxygens (including phenoxy) is 1. The smallest absolute Gasteiger partial charge is 0.305 e. The van der Waals surface area contributed by atoms with Gasteiger partial charge in [-0.15, -0.1) is 0 Å². The lowest BCUT2D eigenvalue weighted by Gasteiger charge is -2.20. The Balaban J connectivity index is 3.38. The summed E-state index contributed by atoms with van der Waals surface area (Å²) in [5.74, 6) is -0.0410. The maximum atomic E-state index is 12.5. The average molecular weight is 1180 g/mol. The van der Waals surface area contributed by atoms with Gasteiger partial charge in [0.15, 0.2) is 0 Å². The SMILES string of the molecule is CCCCCCCCCCCCCCCCCCCCCC/C=C/C(O)C(CO)NC(=O)CCCCCCCCCCCCCCCC/C=C\CCCCCCCCCCCCCCOC(=O)CCCCCCCCCCCCCCCCC. The van der Waals surface area contributed by atoms with Crippen LogP contribution in [0.1, 0.15) is 438 Å². The molecule has 0 saturated carbocycles. The summed E-state index contributed by atoms with van der Waals surface area (Å²) in [7, 11) is 0. The van der Waals surface area contributed by atoms with E-state index < -0.39 is 12.1 Å². The van der Waals surface area contributed by atoms with E-state index in [0.717, 1.165) is 38.5 Å². The highest BCUT2D eigenvalue weighted by Crippen LogP contribution is 2.19. The van der Waals surface area contributed by atoms with Crippen LogP contribution in [-0.2, 0) is 14.3 Å². The van der Waals surface area contributed by atoms with Crippen LogP contribution in [0.15, 0.2) is 24.3 Å². The van der Waals surface area contributed by atoms with Gasteiger partial charge in [-0.25, -0.2) is 0 Å². The largest absolute Gasteiger partial charge is 0.466 e. The third-order valence-electron chi connectivity index (χ3n) is 18.2. The van der Waals surface area contributed by atoms with Gasteiger partial charge in [0.1, 0.15) is 0 Å². The van der Waals surface area contributed by atoms with E-state index in [9.17, 15) is 19.8 Å². The van der Waals surface area contributed by atoms with Crippen molar-refractivity contribution in [3.8, 4) is 0 Å². The Morgan fingerprint density at radius 3 is 0.845 bits per heavy atom. The number of nitrogens with one attached hydrogen (secondary N) is 1. The van der Waals surface area contributed by atoms with Crippen LogP contribution < -0.4 is 5.32 Å². The quantitative estimate of drug-likeness (QED) is 0.0320. The van der Waals surface area contributed by atoms with Crippen LogP contribution in [0.5, 0.6) is 0 Å². The van der Waals surface area contributed by atoms with E-state index in [0.29, 0.717) is 19.4 Å². The van der Waals surface area contributed by atoms with Crippen LogP contribution in [0.3, 0.4) is 0 Å². The van der Waals surface area contributed by atoms with Gasteiger partial charge in [0, 0.05) is 12.8 Å². The molecule has 6 nitrogen and oxygen atoms in total. The van der Waals surface area contributed by atoms with Crippen molar-refractivity contribution in [2.75, 3.05) is 13.2 Å². The molecule has 0 rings (SSSR count). The van der Waals surface area contributed by atoms with Gasteiger partial charge in [-0.3, -0.25) is 9.59 Å². The van der Waals surface area contributed by atoms with Gasteiger partial charge in [0.05, 0.1) is 25.4 Å². The van der Waals surface area contributed by atoms with E-state index in [1.807, 2.05) is 6.08 Å². The number of aliphatic hydroxyl groups is 2. The van der Waals surface area contributed by atoms with E-state index in [1.54, 1.807) is 6.08 Å². The van der Waals surface area contributed by atoms with Gasteiger partial charge in [0.2, 0.25) is 5.91 Å². The second-order valence-electron chi connectivity index (χ2n) is 26.7. The fourth-order valence-corrected chi connectivity index (χ4v) is 12.3. The molecular formula is C78H151NO5. The molecular weight excluding hydrogens is 1030 g/mol. The minimum atomic E-state index is -0.844. The van der Waals surface area contributed by atoms with Gasteiger partial charge < -0.3 is 20.3 Å². The van der Waals surface area contributed by atoms with Crippen LogP contribution in [0.25, 0.3) is 0 Å². The lowest BCUT2D eigenvalue weighted by atomic mass is 10.0. The summed E-state index contributed by atoms with van der Waals surface area (Å²) in [5, 5.41) is 23.3. The Hall–Kier alpha value is -1.66. The van der Waals surface area contributed by atoms with E-state index in [4.69, 9.17) is 4.74 Å². The second-order valence-corrected chi connectivity index (χ2v) is 26.7. The highest BCUT2D eigenvalue weighted by molar-refractivity contribution is 5.76. The van der Waals surface area contributed by atoms with Crippen molar-refractivity contribution in [2.24, 2.45) is 0 Å². The Bertz CT molecular complexity index is 1320. The summed E-state index contributed by atoms with van der Waals surface area (Å²) >= 11 is 0. The maximum Gasteiger partial charge on any atom is 0.305 e. The van der Waals surface area contributed by atoms with Crippen molar-refractivity contribution in [3.05, 3.63) is 24.3 Å². The number of aliphatic hydroxyl groups excluding tert-OH is 2. The van der Waals surface area contributed by atoms with E-state index >= 15 is 0 Å². The second kappa shape index (κ2) is 73.8. The zero-order chi connectivity index (χ0) is 60.6. The van der Waals surface area contributed by atoms with E-state index in [1.165, 1.54) is 372 Å². The fraction of sp³-hybridized carbons (Fsp3) is 0.923. The monoisotopic (exact) mass is 1180 g/mol. The molecule has 0 fully saturated rings. The first-order valence-electron chi connectivity index (χ1n) is 38.6. The van der Waals surface area contributed by atoms with E-state index in [-0.39, 0.29) is 18.5 Å². The van der Waals surface area contributed by atoms with Gasteiger partial charge in [-0.2, -0.15) is 0 Å². The number of carbonyl (C=O) groups excluding carboxylic acids is 2. The maximum absolute atomic E-state index is 12.5. The predicted octanol–water partition coefficient (Wildman–Crippen LogP) is 25.3. The van der Waals surface area contributed by atoms with Crippen molar-refractivity contribution in [1.29, 1.82) is 0 Å². The van der Waals surface area contributed by atoms with Crippen LogP contribution in [0.4, 0.5) is 0 Å². The minimum absolute atomic E-state index is 0.0207. The normalized spacial score (nSPS) is 12.6. The molecule has 84 heavy (non-hydrogen) atoms. The summed E-state index contributed by atoms with van der Waals surface area (Å²) < 4.78 is 5.50. The molecule has 0 aromatic rings. The van der Waals surface area contributed by atoms with Crippen LogP contribution in [-0.4, -0.2) is 47.4 Å². The third kappa shape index (κ3) is 69.4. The van der Waals surface area contributed by atoms with Crippen molar-refractivity contribution in [3.63, 3.8) is 0 Å². The Kier molecular flexibility index (Phi) is 72.3. The molecule has 0 spiro atoms. The first-order chi connectivity index (χ1) is 41.5. The third-order valence-corrected chi connectivity index (χ3v) is 18.2. The summed E-state index contributed by atoms with van der Waals surface area (Å²) in [4.78, 5) is 24.6. The molecule has 498 valence electrons. The number of carbonyl (C=O) groups is 2. The number of hydrogen-bond donors (Lipinski definition) is 3. The van der Waals surface area contributed by atoms with Gasteiger partial charge in [0.25, 0.3) is 0 Å². The number of esters is 1. The predicted molar refractivity (Wildman–Crippen MR) is 370 cm³/mol. The molecule has 1 amide bonds. The number of allylic oxidation sites excluding steroid dienone is 3. The summed E-state index contributed by atoms with van der Waals surface area (Å²) in [5.41, 5.74) is 0. The topological polar surface area (TPSA) is 95.9 Å². The Morgan fingerprint density at radius 2 is 0.560 bits per heavy atom. The van der Waals surface area contributed by atoms with Gasteiger partial charge in [-0.1, -0.05) is 391 Å². The number of rotatable bonds is 73. The highest BCUT2D eigenvalue weighted by atomic mass is 16.5. The van der Waals surface area contributed by atoms with Gasteiger partial charge in [-0.05, 0) is 57.8 Å². The molecule has 0 bridgehead atoms. The van der Waals surface area contributed by atoms with Gasteiger partial charge >= 0.3 is 5.97 Å². The Morgan fingerprint density at radius 1 is 0.321 bits per heavy atom. The van der Waals surface area contributed by atoms with Crippen LogP contribution >= 0.6 is 0 Å². The molecule has 0 aromatic heterocycles. The first-order valence-corrected chi connectivity index (χ1v) is 38.6. The molecule has 0 aliphatic carbocycles. The molecule has 0 radical (unpaired) electrons. The zero-order valence-corrected chi connectivity index (χ0v) is 57.2. The van der Waals surface area contributed by atoms with Crippen LogP contribution in [0, 0.1) is 0 Å². The van der Waals surface area contributed by atoms with Crippen molar-refractivity contribution < 1.29 is 24.5 Å². The first kappa shape index (κ1) is 82.3. The fourth-order valence-electron chi connectivity index (χ4n) is 12.3. The van der Waals surface area contributed by atoms with Crippen LogP contribution in [0.2, 0.25) is 0 Å². The molecule has 3 N–H and O–H groups in total. The number of amides is 1. The van der Waals surface area contributed by atoms with E-state index in [2.05, 4.69) is 31.3 Å². The number of hydrogen-bond acceptors (Lipinski definition) is 5. The molecule has 6 heteroatoms. The molecule has 0 saturated heterocycles. The standard InChI is InChI=1S/C78H151NO5/c1-3-5-7-9-11-13-15-17-19-20-21-22-33-36-39-43-46-50-54-58-62-66-70-76(81)75(74-80)79-77(82)71-67-63-59-55-51-47-44-40-37-34-31-29-27-25-23-24-26-28-30-32-35-38-41-45-49-53-57-61-65-69-73-84-78(83)72-68-64-60-56-52-48-42-18-16-14-12-10-8-6-4-2/h24,26,66,70,75-76,80-81H,3-23,25,27-65,67-69,71-74H2,1-2H3,(H,79,82)/b26-24-,70-66+. The lowest BCUT2D eigenvalue weighted by Crippen LogP contribution is -2.45. The highest BCUT2D eigenvalue weighted by Gasteiger charge is 2.18. The summed E-state index contributed by atoms with van der Waals surface area (Å²) in [6, 6.07) is -0.628. The average Bonchev–Trinajstić information content (AvgIpc) is 3.53.